The van der Waals surface area contributed by atoms with E-state index in [-0.39, 0.29) is 0 Å². The van der Waals surface area contributed by atoms with Gasteiger partial charge in [0.15, 0.2) is 0 Å². The van der Waals surface area contributed by atoms with Crippen molar-refractivity contribution >= 4 is 0 Å². The monoisotopic (exact) mass is 287 g/mol. The normalized spacial score (nSPS) is 11.5. The molecule has 0 N–H and O–H groups in total. The fourth-order valence-electron chi connectivity index (χ4n) is 2.29. The standard InChI is InChI=1S/C16H25N5/c1-19(2)10-6-11-21(13-15-7-4-5-8-17-15)14-16-18-9-12-20(16)3/h4-5,7-9,12H,6,10-11,13-14H2,1-3H3. The lowest BCUT2D eigenvalue weighted by molar-refractivity contribution is 0.230. The van der Waals surface area contributed by atoms with Gasteiger partial charge in [0.05, 0.1) is 12.2 Å². The Balaban J connectivity index is 1.97. The van der Waals surface area contributed by atoms with Crippen LogP contribution in [0, 0.1) is 0 Å². The predicted octanol–water partition coefficient (Wildman–Crippen LogP) is 1.77. The Hall–Kier alpha value is -1.72. The van der Waals surface area contributed by atoms with E-state index >= 15 is 0 Å². The number of nitrogens with zero attached hydrogens (tertiary/aromatic N) is 5. The first-order valence-corrected chi connectivity index (χ1v) is 7.38. The molecule has 21 heavy (non-hydrogen) atoms. The highest BCUT2D eigenvalue weighted by molar-refractivity contribution is 5.03. The Morgan fingerprint density at radius 3 is 2.52 bits per heavy atom. The maximum atomic E-state index is 4.43. The van der Waals surface area contributed by atoms with Crippen molar-refractivity contribution in [3.8, 4) is 0 Å². The molecule has 2 aromatic heterocycles. The van der Waals surface area contributed by atoms with Crippen LogP contribution >= 0.6 is 0 Å². The van der Waals surface area contributed by atoms with E-state index < -0.39 is 0 Å². The van der Waals surface area contributed by atoms with Crippen molar-refractivity contribution in [1.29, 1.82) is 0 Å². The first-order valence-electron chi connectivity index (χ1n) is 7.38. The lowest BCUT2D eigenvalue weighted by atomic mass is 10.3. The lowest BCUT2D eigenvalue weighted by Crippen LogP contribution is -2.28. The second-order valence-electron chi connectivity index (χ2n) is 5.64. The molecule has 0 unspecified atom stereocenters. The summed E-state index contributed by atoms with van der Waals surface area (Å²) in [5, 5.41) is 0. The van der Waals surface area contributed by atoms with Crippen molar-refractivity contribution in [2.24, 2.45) is 7.05 Å². The molecule has 5 heteroatoms. The molecule has 0 saturated heterocycles. The first-order chi connectivity index (χ1) is 10.1. The SMILES string of the molecule is CN(C)CCCN(Cc1ccccn1)Cc1nccn1C. The van der Waals surface area contributed by atoms with Crippen molar-refractivity contribution in [3.63, 3.8) is 0 Å². The van der Waals surface area contributed by atoms with E-state index in [1.807, 2.05) is 37.8 Å². The van der Waals surface area contributed by atoms with Crippen LogP contribution in [0.15, 0.2) is 36.8 Å². The zero-order chi connectivity index (χ0) is 15.1. The molecular formula is C16H25N5. The van der Waals surface area contributed by atoms with Crippen LogP contribution in [0.3, 0.4) is 0 Å². The number of aryl methyl sites for hydroxylation is 1. The summed E-state index contributed by atoms with van der Waals surface area (Å²) in [5.74, 6) is 1.09. The molecule has 0 aliphatic heterocycles. The van der Waals surface area contributed by atoms with Crippen LogP contribution in [0.4, 0.5) is 0 Å². The Labute approximate surface area is 127 Å². The van der Waals surface area contributed by atoms with Gasteiger partial charge in [0.2, 0.25) is 0 Å². The van der Waals surface area contributed by atoms with Gasteiger partial charge in [-0.3, -0.25) is 9.88 Å². The number of imidazole rings is 1. The second kappa shape index (κ2) is 7.90. The third-order valence-electron chi connectivity index (χ3n) is 3.48. The third-order valence-corrected chi connectivity index (χ3v) is 3.48. The van der Waals surface area contributed by atoms with Crippen molar-refractivity contribution in [2.45, 2.75) is 19.5 Å². The van der Waals surface area contributed by atoms with Gasteiger partial charge in [-0.2, -0.15) is 0 Å². The molecule has 0 atom stereocenters. The zero-order valence-corrected chi connectivity index (χ0v) is 13.2. The van der Waals surface area contributed by atoms with Gasteiger partial charge in [-0.1, -0.05) is 6.07 Å². The molecule has 2 rings (SSSR count). The fourth-order valence-corrected chi connectivity index (χ4v) is 2.29. The van der Waals surface area contributed by atoms with Crippen LogP contribution in [0.1, 0.15) is 17.9 Å². The number of aromatic nitrogens is 3. The molecule has 0 aliphatic rings. The van der Waals surface area contributed by atoms with Gasteiger partial charge in [-0.15, -0.1) is 0 Å². The molecule has 114 valence electrons. The Bertz CT molecular complexity index is 520. The van der Waals surface area contributed by atoms with E-state index in [4.69, 9.17) is 0 Å². The fraction of sp³-hybridized carbons (Fsp3) is 0.500. The summed E-state index contributed by atoms with van der Waals surface area (Å²) in [6, 6.07) is 6.08. The maximum absolute atomic E-state index is 4.43. The number of hydrogen-bond donors (Lipinski definition) is 0. The minimum Gasteiger partial charge on any atom is -0.337 e. The molecule has 0 fully saturated rings. The van der Waals surface area contributed by atoms with Crippen LogP contribution in [-0.4, -0.2) is 51.5 Å². The molecule has 0 amide bonds. The van der Waals surface area contributed by atoms with Crippen molar-refractivity contribution in [1.82, 2.24) is 24.3 Å². The van der Waals surface area contributed by atoms with Gasteiger partial charge in [-0.25, -0.2) is 4.98 Å². The van der Waals surface area contributed by atoms with E-state index in [1.54, 1.807) is 0 Å². The zero-order valence-electron chi connectivity index (χ0n) is 13.2. The van der Waals surface area contributed by atoms with E-state index in [2.05, 4.69) is 44.5 Å². The van der Waals surface area contributed by atoms with E-state index in [0.29, 0.717) is 0 Å². The number of hydrogen-bond acceptors (Lipinski definition) is 4. The Morgan fingerprint density at radius 1 is 1.05 bits per heavy atom. The highest BCUT2D eigenvalue weighted by atomic mass is 15.2. The summed E-state index contributed by atoms with van der Waals surface area (Å²) < 4.78 is 2.08. The average molecular weight is 287 g/mol. The first kappa shape index (κ1) is 15.7. The molecule has 0 aliphatic carbocycles. The Kier molecular flexibility index (Phi) is 5.90. The summed E-state index contributed by atoms with van der Waals surface area (Å²) in [6.07, 6.45) is 6.85. The molecular weight excluding hydrogens is 262 g/mol. The lowest BCUT2D eigenvalue weighted by Gasteiger charge is -2.22. The second-order valence-corrected chi connectivity index (χ2v) is 5.64. The summed E-state index contributed by atoms with van der Waals surface area (Å²) >= 11 is 0. The summed E-state index contributed by atoms with van der Waals surface area (Å²) in [4.78, 5) is 13.5. The van der Waals surface area contributed by atoms with Gasteiger partial charge in [-0.05, 0) is 39.2 Å². The Morgan fingerprint density at radius 2 is 1.90 bits per heavy atom. The molecule has 2 heterocycles. The molecule has 5 nitrogen and oxygen atoms in total. The van der Waals surface area contributed by atoms with E-state index in [0.717, 1.165) is 44.1 Å². The average Bonchev–Trinajstić information content (AvgIpc) is 2.85. The van der Waals surface area contributed by atoms with Gasteiger partial charge in [0, 0.05) is 38.7 Å². The molecule has 2 aromatic rings. The largest absolute Gasteiger partial charge is 0.337 e. The smallest absolute Gasteiger partial charge is 0.122 e. The molecule has 0 bridgehead atoms. The summed E-state index contributed by atoms with van der Waals surface area (Å²) in [6.45, 7) is 3.86. The number of pyridine rings is 1. The van der Waals surface area contributed by atoms with Crippen LogP contribution in [0.5, 0.6) is 0 Å². The van der Waals surface area contributed by atoms with Crippen LogP contribution in [0.25, 0.3) is 0 Å². The number of rotatable bonds is 8. The highest BCUT2D eigenvalue weighted by Gasteiger charge is 2.10. The van der Waals surface area contributed by atoms with Crippen LogP contribution in [0.2, 0.25) is 0 Å². The van der Waals surface area contributed by atoms with Crippen molar-refractivity contribution < 1.29 is 0 Å². The van der Waals surface area contributed by atoms with Gasteiger partial charge < -0.3 is 9.47 Å². The highest BCUT2D eigenvalue weighted by Crippen LogP contribution is 2.07. The molecule has 0 saturated carbocycles. The van der Waals surface area contributed by atoms with Crippen LogP contribution in [-0.2, 0) is 20.1 Å². The van der Waals surface area contributed by atoms with Crippen molar-refractivity contribution in [3.05, 3.63) is 48.3 Å². The third kappa shape index (κ3) is 5.28. The van der Waals surface area contributed by atoms with E-state index in [9.17, 15) is 0 Å². The summed E-state index contributed by atoms with van der Waals surface area (Å²) in [7, 11) is 6.27. The molecule has 0 radical (unpaired) electrons. The quantitative estimate of drug-likeness (QED) is 0.741. The minimum atomic E-state index is 0.855. The topological polar surface area (TPSA) is 37.2 Å². The van der Waals surface area contributed by atoms with E-state index in [1.165, 1.54) is 0 Å². The summed E-state index contributed by atoms with van der Waals surface area (Å²) in [5.41, 5.74) is 1.11. The molecule has 0 spiro atoms. The predicted molar refractivity (Wildman–Crippen MR) is 84.7 cm³/mol. The maximum Gasteiger partial charge on any atom is 0.122 e. The van der Waals surface area contributed by atoms with Gasteiger partial charge >= 0.3 is 0 Å². The van der Waals surface area contributed by atoms with Gasteiger partial charge in [0.1, 0.15) is 5.82 Å². The van der Waals surface area contributed by atoms with Crippen LogP contribution < -0.4 is 0 Å². The molecule has 0 aromatic carbocycles. The minimum absolute atomic E-state index is 0.855. The van der Waals surface area contributed by atoms with Crippen molar-refractivity contribution in [2.75, 3.05) is 27.2 Å². The van der Waals surface area contributed by atoms with Gasteiger partial charge in [0.25, 0.3) is 0 Å².